The number of carbonyl (C=O) groups is 2. The summed E-state index contributed by atoms with van der Waals surface area (Å²) in [5.74, 6) is 0.612. The van der Waals surface area contributed by atoms with Gasteiger partial charge in [0.25, 0.3) is 5.91 Å². The lowest BCUT2D eigenvalue weighted by atomic mass is 10.0. The van der Waals surface area contributed by atoms with Gasteiger partial charge in [-0.15, -0.1) is 0 Å². The summed E-state index contributed by atoms with van der Waals surface area (Å²) < 4.78 is 5.36. The highest BCUT2D eigenvalue weighted by atomic mass is 32.2. The average Bonchev–Trinajstić information content (AvgIpc) is 2.94. The topological polar surface area (TPSA) is 66.8 Å². The second kappa shape index (κ2) is 6.07. The molecule has 6 heteroatoms. The van der Waals surface area contributed by atoms with Crippen LogP contribution in [0, 0.1) is 0 Å². The molecule has 0 saturated carbocycles. The fourth-order valence-corrected chi connectivity index (χ4v) is 3.83. The van der Waals surface area contributed by atoms with Gasteiger partial charge in [0.05, 0.1) is 25.7 Å². The minimum atomic E-state index is -0.859. The number of rotatable bonds is 3. The molecule has 2 heterocycles. The maximum absolute atomic E-state index is 12.7. The van der Waals surface area contributed by atoms with Crippen molar-refractivity contribution in [2.75, 3.05) is 18.1 Å². The van der Waals surface area contributed by atoms with Crippen molar-refractivity contribution in [3.05, 3.63) is 34.9 Å². The molecule has 1 fully saturated rings. The van der Waals surface area contributed by atoms with Gasteiger partial charge in [-0.3, -0.25) is 9.59 Å². The van der Waals surface area contributed by atoms with Crippen LogP contribution in [0.1, 0.15) is 27.9 Å². The molecule has 0 radical (unpaired) electrons. The van der Waals surface area contributed by atoms with Gasteiger partial charge in [0.1, 0.15) is 0 Å². The molecule has 0 bridgehead atoms. The molecular weight excluding hydrogens is 290 g/mol. The van der Waals surface area contributed by atoms with E-state index >= 15 is 0 Å². The molecule has 1 saturated heterocycles. The minimum Gasteiger partial charge on any atom is -0.481 e. The van der Waals surface area contributed by atoms with Gasteiger partial charge in [-0.2, -0.15) is 11.8 Å². The zero-order chi connectivity index (χ0) is 14.8. The van der Waals surface area contributed by atoms with Gasteiger partial charge in [0, 0.05) is 23.6 Å². The molecule has 1 aromatic rings. The van der Waals surface area contributed by atoms with Crippen molar-refractivity contribution in [2.24, 2.45) is 0 Å². The van der Waals surface area contributed by atoms with Crippen LogP contribution < -0.4 is 0 Å². The second-order valence-corrected chi connectivity index (χ2v) is 6.45. The number of ether oxygens (including phenoxy) is 1. The van der Waals surface area contributed by atoms with Crippen LogP contribution in [0.5, 0.6) is 0 Å². The summed E-state index contributed by atoms with van der Waals surface area (Å²) in [7, 11) is 0. The first-order chi connectivity index (χ1) is 10.1. The number of aliphatic carboxylic acids is 1. The quantitative estimate of drug-likeness (QED) is 0.921. The number of hydrogen-bond acceptors (Lipinski definition) is 4. The Hall–Kier alpha value is -1.53. The van der Waals surface area contributed by atoms with Gasteiger partial charge in [-0.25, -0.2) is 0 Å². The van der Waals surface area contributed by atoms with E-state index in [9.17, 15) is 9.59 Å². The largest absolute Gasteiger partial charge is 0.481 e. The van der Waals surface area contributed by atoms with Crippen molar-refractivity contribution in [1.82, 2.24) is 4.90 Å². The number of carbonyl (C=O) groups excluding carboxylic acids is 1. The lowest BCUT2D eigenvalue weighted by Gasteiger charge is -2.34. The van der Waals surface area contributed by atoms with E-state index < -0.39 is 5.97 Å². The smallest absolute Gasteiger partial charge is 0.305 e. The molecule has 0 aromatic heterocycles. The molecule has 112 valence electrons. The Balaban J connectivity index is 1.80. The van der Waals surface area contributed by atoms with Crippen molar-refractivity contribution in [3.63, 3.8) is 0 Å². The van der Waals surface area contributed by atoms with Crippen LogP contribution in [0.15, 0.2) is 18.2 Å². The van der Waals surface area contributed by atoms with Crippen molar-refractivity contribution in [2.45, 2.75) is 25.7 Å². The van der Waals surface area contributed by atoms with E-state index in [1.54, 1.807) is 16.7 Å². The van der Waals surface area contributed by atoms with Crippen molar-refractivity contribution < 1.29 is 19.4 Å². The zero-order valence-electron chi connectivity index (χ0n) is 11.6. The van der Waals surface area contributed by atoms with Crippen molar-refractivity contribution in [1.29, 1.82) is 0 Å². The van der Waals surface area contributed by atoms with Gasteiger partial charge in [0.15, 0.2) is 0 Å². The third kappa shape index (κ3) is 3.06. The van der Waals surface area contributed by atoms with Crippen LogP contribution in [-0.4, -0.2) is 46.0 Å². The number of thioether (sulfide) groups is 1. The van der Waals surface area contributed by atoms with Crippen LogP contribution in [0.25, 0.3) is 0 Å². The van der Waals surface area contributed by atoms with Gasteiger partial charge < -0.3 is 14.7 Å². The molecule has 21 heavy (non-hydrogen) atoms. The number of carboxylic acids is 1. The van der Waals surface area contributed by atoms with Crippen molar-refractivity contribution in [3.8, 4) is 0 Å². The molecule has 0 aliphatic carbocycles. The average molecular weight is 307 g/mol. The predicted molar refractivity (Wildman–Crippen MR) is 79.3 cm³/mol. The molecule has 1 unspecified atom stereocenters. The SMILES string of the molecule is O=C(O)CC1CSCCN1C(=O)c1ccc2c(c1)COC2. The maximum Gasteiger partial charge on any atom is 0.305 e. The standard InChI is InChI=1S/C15H17NO4S/c17-14(18)6-13-9-21-4-3-16(13)15(19)10-1-2-11-7-20-8-12(11)5-10/h1-2,5,13H,3-4,6-9H2,(H,17,18). The van der Waals surface area contributed by atoms with Crippen molar-refractivity contribution >= 4 is 23.6 Å². The zero-order valence-corrected chi connectivity index (χ0v) is 12.4. The van der Waals surface area contributed by atoms with Gasteiger partial charge in [0.2, 0.25) is 0 Å². The summed E-state index contributed by atoms with van der Waals surface area (Å²) in [6.07, 6.45) is 0.00674. The fraction of sp³-hybridized carbons (Fsp3) is 0.467. The normalized spacial score (nSPS) is 21.1. The lowest BCUT2D eigenvalue weighted by molar-refractivity contribution is -0.138. The summed E-state index contributed by atoms with van der Waals surface area (Å²) in [6, 6.07) is 5.40. The van der Waals surface area contributed by atoms with Crippen LogP contribution in [0.4, 0.5) is 0 Å². The number of carboxylic acid groups (broad SMARTS) is 1. The summed E-state index contributed by atoms with van der Waals surface area (Å²) in [5, 5.41) is 9.00. The number of nitrogens with zero attached hydrogens (tertiary/aromatic N) is 1. The molecule has 1 amide bonds. The van der Waals surface area contributed by atoms with Crippen LogP contribution in [0.2, 0.25) is 0 Å². The summed E-state index contributed by atoms with van der Waals surface area (Å²) in [4.78, 5) is 25.3. The Kier molecular flexibility index (Phi) is 4.17. The monoisotopic (exact) mass is 307 g/mol. The van der Waals surface area contributed by atoms with Crippen LogP contribution in [-0.2, 0) is 22.7 Å². The summed E-state index contributed by atoms with van der Waals surface area (Å²) in [5.41, 5.74) is 2.81. The molecule has 2 aliphatic heterocycles. The molecule has 5 nitrogen and oxygen atoms in total. The maximum atomic E-state index is 12.7. The minimum absolute atomic E-state index is 0.00674. The number of benzene rings is 1. The first kappa shape index (κ1) is 14.4. The highest BCUT2D eigenvalue weighted by molar-refractivity contribution is 7.99. The van der Waals surface area contributed by atoms with Gasteiger partial charge in [-0.1, -0.05) is 6.07 Å². The summed E-state index contributed by atoms with van der Waals surface area (Å²) in [6.45, 7) is 1.76. The predicted octanol–water partition coefficient (Wildman–Crippen LogP) is 1.75. The first-order valence-corrected chi connectivity index (χ1v) is 8.10. The fourth-order valence-electron chi connectivity index (χ4n) is 2.76. The molecule has 0 spiro atoms. The molecular formula is C15H17NO4S. The Bertz CT molecular complexity index is 575. The van der Waals surface area contributed by atoms with E-state index in [0.717, 1.165) is 16.9 Å². The summed E-state index contributed by atoms with van der Waals surface area (Å²) >= 11 is 1.70. The van der Waals surface area contributed by atoms with E-state index in [4.69, 9.17) is 9.84 Å². The molecule has 3 rings (SSSR count). The van der Waals surface area contributed by atoms with E-state index in [0.29, 0.717) is 31.1 Å². The second-order valence-electron chi connectivity index (χ2n) is 5.30. The highest BCUT2D eigenvalue weighted by Gasteiger charge is 2.30. The molecule has 1 aromatic carbocycles. The van der Waals surface area contributed by atoms with Crippen LogP contribution >= 0.6 is 11.8 Å². The van der Waals surface area contributed by atoms with E-state index in [-0.39, 0.29) is 18.4 Å². The lowest BCUT2D eigenvalue weighted by Crippen LogP contribution is -2.47. The number of amides is 1. The Labute approximate surface area is 127 Å². The molecule has 1 N–H and O–H groups in total. The van der Waals surface area contributed by atoms with E-state index in [1.165, 1.54) is 0 Å². The van der Waals surface area contributed by atoms with Gasteiger partial charge >= 0.3 is 5.97 Å². The molecule has 1 atom stereocenters. The number of hydrogen-bond donors (Lipinski definition) is 1. The third-order valence-corrected chi connectivity index (χ3v) is 4.96. The number of fused-ring (bicyclic) bond motifs is 1. The van der Waals surface area contributed by atoms with E-state index in [2.05, 4.69) is 0 Å². The van der Waals surface area contributed by atoms with E-state index in [1.807, 2.05) is 18.2 Å². The first-order valence-electron chi connectivity index (χ1n) is 6.95. The van der Waals surface area contributed by atoms with Gasteiger partial charge in [-0.05, 0) is 23.3 Å². The molecule has 2 aliphatic rings. The Morgan fingerprint density at radius 2 is 2.14 bits per heavy atom. The van der Waals surface area contributed by atoms with Crippen LogP contribution in [0.3, 0.4) is 0 Å². The third-order valence-electron chi connectivity index (χ3n) is 3.87. The highest BCUT2D eigenvalue weighted by Crippen LogP contribution is 2.25. The Morgan fingerprint density at radius 3 is 2.95 bits per heavy atom. The Morgan fingerprint density at radius 1 is 1.33 bits per heavy atom.